The molecule has 0 amide bonds. The SMILES string of the molecule is CC(=O)[C@@]1(C)C(c2ccccc2)=Nc2c1c(=O)oc1cc(N(C)C)ccc21. The normalized spacial score (nSPS) is 18.3. The first-order valence-electron chi connectivity index (χ1n) is 8.78. The third-order valence-electron chi connectivity index (χ3n) is 5.33. The van der Waals surface area contributed by atoms with Crippen LogP contribution in [0.4, 0.5) is 11.4 Å². The van der Waals surface area contributed by atoms with E-state index >= 15 is 0 Å². The number of aliphatic imine (C=N–C) groups is 1. The van der Waals surface area contributed by atoms with Crippen LogP contribution in [-0.4, -0.2) is 25.6 Å². The summed E-state index contributed by atoms with van der Waals surface area (Å²) < 4.78 is 5.62. The summed E-state index contributed by atoms with van der Waals surface area (Å²) in [6.45, 7) is 3.25. The van der Waals surface area contributed by atoms with Crippen molar-refractivity contribution in [3.05, 3.63) is 70.1 Å². The molecule has 0 fully saturated rings. The quantitative estimate of drug-likeness (QED) is 0.666. The Morgan fingerprint density at radius 2 is 1.81 bits per heavy atom. The van der Waals surface area contributed by atoms with E-state index < -0.39 is 11.0 Å². The van der Waals surface area contributed by atoms with Gasteiger partial charge in [-0.05, 0) is 31.5 Å². The van der Waals surface area contributed by atoms with Crippen LogP contribution >= 0.6 is 0 Å². The van der Waals surface area contributed by atoms with Crippen LogP contribution in [0.5, 0.6) is 0 Å². The van der Waals surface area contributed by atoms with Crippen molar-refractivity contribution in [3.8, 4) is 0 Å². The van der Waals surface area contributed by atoms with E-state index in [2.05, 4.69) is 0 Å². The molecular weight excluding hydrogens is 340 g/mol. The molecule has 0 radical (unpaired) electrons. The summed E-state index contributed by atoms with van der Waals surface area (Å²) in [6.07, 6.45) is 0. The molecular formula is C22H20N2O3. The highest BCUT2D eigenvalue weighted by molar-refractivity contribution is 6.25. The monoisotopic (exact) mass is 360 g/mol. The van der Waals surface area contributed by atoms with Crippen LogP contribution in [0.25, 0.3) is 11.0 Å². The van der Waals surface area contributed by atoms with Gasteiger partial charge in [0.15, 0.2) is 0 Å². The lowest BCUT2D eigenvalue weighted by Gasteiger charge is -2.23. The Labute approximate surface area is 157 Å². The smallest absolute Gasteiger partial charge is 0.343 e. The van der Waals surface area contributed by atoms with E-state index in [-0.39, 0.29) is 5.78 Å². The highest BCUT2D eigenvalue weighted by Gasteiger charge is 2.47. The molecule has 0 N–H and O–H groups in total. The molecule has 1 aliphatic rings. The first-order chi connectivity index (χ1) is 12.8. The number of hydrogen-bond acceptors (Lipinski definition) is 5. The summed E-state index contributed by atoms with van der Waals surface area (Å²) in [5.41, 5.74) is 2.00. The van der Waals surface area contributed by atoms with Crippen molar-refractivity contribution in [3.63, 3.8) is 0 Å². The van der Waals surface area contributed by atoms with Gasteiger partial charge in [-0.2, -0.15) is 0 Å². The molecule has 2 aromatic carbocycles. The van der Waals surface area contributed by atoms with Gasteiger partial charge in [-0.3, -0.25) is 9.79 Å². The number of hydrogen-bond donors (Lipinski definition) is 0. The summed E-state index contributed by atoms with van der Waals surface area (Å²) in [4.78, 5) is 32.3. The molecule has 0 spiro atoms. The van der Waals surface area contributed by atoms with Crippen LogP contribution in [-0.2, 0) is 10.2 Å². The minimum absolute atomic E-state index is 0.139. The van der Waals surface area contributed by atoms with Crippen molar-refractivity contribution in [2.24, 2.45) is 4.99 Å². The number of ketones is 1. The zero-order valence-electron chi connectivity index (χ0n) is 15.7. The van der Waals surface area contributed by atoms with Crippen LogP contribution in [0, 0.1) is 0 Å². The van der Waals surface area contributed by atoms with E-state index in [0.29, 0.717) is 22.5 Å². The predicted molar refractivity (Wildman–Crippen MR) is 107 cm³/mol. The maximum absolute atomic E-state index is 12.9. The molecule has 0 aliphatic carbocycles. The fourth-order valence-electron chi connectivity index (χ4n) is 3.64. The van der Waals surface area contributed by atoms with E-state index in [0.717, 1.165) is 16.6 Å². The maximum Gasteiger partial charge on any atom is 0.343 e. The lowest BCUT2D eigenvalue weighted by atomic mass is 9.74. The van der Waals surface area contributed by atoms with Gasteiger partial charge in [-0.1, -0.05) is 30.3 Å². The van der Waals surface area contributed by atoms with Crippen molar-refractivity contribution < 1.29 is 9.21 Å². The van der Waals surface area contributed by atoms with Crippen LogP contribution in [0.2, 0.25) is 0 Å². The molecule has 4 rings (SSSR count). The van der Waals surface area contributed by atoms with Gasteiger partial charge in [0.1, 0.15) is 16.8 Å². The van der Waals surface area contributed by atoms with Gasteiger partial charge in [0.05, 0.1) is 17.0 Å². The number of carbonyl (C=O) groups excluding carboxylic acids is 1. The Balaban J connectivity index is 2.07. The molecule has 136 valence electrons. The third-order valence-corrected chi connectivity index (χ3v) is 5.33. The first-order valence-corrected chi connectivity index (χ1v) is 8.78. The lowest BCUT2D eigenvalue weighted by molar-refractivity contribution is -0.119. The molecule has 5 nitrogen and oxygen atoms in total. The molecule has 1 aliphatic heterocycles. The zero-order chi connectivity index (χ0) is 19.3. The number of anilines is 1. The Bertz CT molecular complexity index is 1160. The average Bonchev–Trinajstić information content (AvgIpc) is 2.97. The maximum atomic E-state index is 12.9. The van der Waals surface area contributed by atoms with Crippen LogP contribution in [0.15, 0.2) is 62.7 Å². The van der Waals surface area contributed by atoms with E-state index in [4.69, 9.17) is 9.41 Å². The molecule has 1 atom stereocenters. The zero-order valence-corrected chi connectivity index (χ0v) is 15.7. The Hall–Kier alpha value is -3.21. The number of nitrogens with zero attached hydrogens (tertiary/aromatic N) is 2. The molecule has 27 heavy (non-hydrogen) atoms. The van der Waals surface area contributed by atoms with E-state index in [9.17, 15) is 9.59 Å². The van der Waals surface area contributed by atoms with Gasteiger partial charge in [0.2, 0.25) is 0 Å². The molecule has 0 saturated carbocycles. The minimum Gasteiger partial charge on any atom is -0.422 e. The van der Waals surface area contributed by atoms with Gasteiger partial charge in [0, 0.05) is 31.2 Å². The molecule has 5 heteroatoms. The highest BCUT2D eigenvalue weighted by atomic mass is 16.4. The molecule has 0 saturated heterocycles. The Morgan fingerprint density at radius 1 is 1.11 bits per heavy atom. The van der Waals surface area contributed by atoms with Crippen molar-refractivity contribution in [2.75, 3.05) is 19.0 Å². The van der Waals surface area contributed by atoms with Crippen molar-refractivity contribution in [2.45, 2.75) is 19.3 Å². The topological polar surface area (TPSA) is 62.9 Å². The second-order valence-electron chi connectivity index (χ2n) is 7.20. The molecule has 2 heterocycles. The van der Waals surface area contributed by atoms with Crippen molar-refractivity contribution >= 4 is 33.8 Å². The standard InChI is InChI=1S/C22H20N2O3/c1-13(25)22(2)18-19(23-20(22)14-8-6-5-7-9-14)16-11-10-15(24(3)4)12-17(16)27-21(18)26/h5-12H,1-4H3/t22-/m1/s1. The number of benzene rings is 2. The van der Waals surface area contributed by atoms with Gasteiger partial charge in [-0.15, -0.1) is 0 Å². The van der Waals surface area contributed by atoms with Gasteiger partial charge in [-0.25, -0.2) is 4.79 Å². The Kier molecular flexibility index (Phi) is 3.77. The second kappa shape index (κ2) is 5.91. The lowest BCUT2D eigenvalue weighted by Crippen LogP contribution is -2.40. The second-order valence-corrected chi connectivity index (χ2v) is 7.20. The number of fused-ring (bicyclic) bond motifs is 3. The van der Waals surface area contributed by atoms with Crippen LogP contribution in [0.1, 0.15) is 25.0 Å². The Morgan fingerprint density at radius 3 is 2.44 bits per heavy atom. The van der Waals surface area contributed by atoms with Crippen molar-refractivity contribution in [1.29, 1.82) is 0 Å². The molecule has 0 bridgehead atoms. The van der Waals surface area contributed by atoms with Crippen LogP contribution < -0.4 is 10.5 Å². The largest absolute Gasteiger partial charge is 0.422 e. The predicted octanol–water partition coefficient (Wildman–Crippen LogP) is 3.84. The number of Topliss-reactive ketones (excluding diaryl/α,β-unsaturated/α-hetero) is 1. The molecule has 3 aromatic rings. The van der Waals surface area contributed by atoms with Crippen molar-refractivity contribution in [1.82, 2.24) is 0 Å². The van der Waals surface area contributed by atoms with Crippen LogP contribution in [0.3, 0.4) is 0 Å². The molecule has 0 unspecified atom stereocenters. The summed E-state index contributed by atoms with van der Waals surface area (Å²) in [5.74, 6) is -0.139. The fourth-order valence-corrected chi connectivity index (χ4v) is 3.64. The summed E-state index contributed by atoms with van der Waals surface area (Å²) >= 11 is 0. The first kappa shape index (κ1) is 17.2. The average molecular weight is 360 g/mol. The van der Waals surface area contributed by atoms with E-state index in [1.165, 1.54) is 6.92 Å². The summed E-state index contributed by atoms with van der Waals surface area (Å²) in [7, 11) is 3.84. The summed E-state index contributed by atoms with van der Waals surface area (Å²) in [6, 6.07) is 15.2. The van der Waals surface area contributed by atoms with Gasteiger partial charge < -0.3 is 9.32 Å². The highest BCUT2D eigenvalue weighted by Crippen LogP contribution is 2.44. The molecule has 1 aromatic heterocycles. The number of rotatable bonds is 3. The van der Waals surface area contributed by atoms with E-state index in [1.807, 2.05) is 67.5 Å². The fraction of sp³-hybridized carbons (Fsp3) is 0.227. The van der Waals surface area contributed by atoms with Gasteiger partial charge in [0.25, 0.3) is 0 Å². The van der Waals surface area contributed by atoms with Gasteiger partial charge >= 0.3 is 5.63 Å². The van der Waals surface area contributed by atoms with E-state index in [1.54, 1.807) is 6.92 Å². The number of carbonyl (C=O) groups is 1. The minimum atomic E-state index is -1.13. The third kappa shape index (κ3) is 2.42. The summed E-state index contributed by atoms with van der Waals surface area (Å²) in [5, 5.41) is 0.730.